The summed E-state index contributed by atoms with van der Waals surface area (Å²) in [7, 11) is -3.80. The Balaban J connectivity index is 2.44. The molecule has 0 unspecified atom stereocenters. The second kappa shape index (κ2) is 5.54. The van der Waals surface area contributed by atoms with Gasteiger partial charge in [0.15, 0.2) is 0 Å². The third-order valence-electron chi connectivity index (χ3n) is 3.84. The quantitative estimate of drug-likeness (QED) is 0.899. The summed E-state index contributed by atoms with van der Waals surface area (Å²) in [4.78, 5) is 14.3. The molecule has 0 saturated carbocycles. The molecule has 1 aliphatic heterocycles. The van der Waals surface area contributed by atoms with Gasteiger partial charge in [-0.15, -0.1) is 0 Å². The van der Waals surface area contributed by atoms with Crippen LogP contribution in [0.4, 0.5) is 0 Å². The Morgan fingerprint density at radius 1 is 1.15 bits per heavy atom. The van der Waals surface area contributed by atoms with Gasteiger partial charge in [0.25, 0.3) is 5.91 Å². The van der Waals surface area contributed by atoms with Gasteiger partial charge in [0.05, 0.1) is 4.90 Å². The van der Waals surface area contributed by atoms with Crippen LogP contribution in [0.15, 0.2) is 17.0 Å². The summed E-state index contributed by atoms with van der Waals surface area (Å²) in [6.45, 7) is 5.09. The van der Waals surface area contributed by atoms with Crippen molar-refractivity contribution in [2.45, 2.75) is 38.0 Å². The Morgan fingerprint density at radius 2 is 1.75 bits per heavy atom. The number of amides is 1. The highest BCUT2D eigenvalue weighted by Gasteiger charge is 2.22. The molecular formula is C14H20N2O3S. The van der Waals surface area contributed by atoms with Crippen LogP contribution in [0.3, 0.4) is 0 Å². The first-order valence-corrected chi connectivity index (χ1v) is 8.28. The number of piperidine rings is 1. The van der Waals surface area contributed by atoms with Crippen LogP contribution >= 0.6 is 0 Å². The summed E-state index contributed by atoms with van der Waals surface area (Å²) in [5.41, 5.74) is 2.01. The highest BCUT2D eigenvalue weighted by molar-refractivity contribution is 7.89. The maximum absolute atomic E-state index is 12.5. The van der Waals surface area contributed by atoms with E-state index in [9.17, 15) is 13.2 Å². The first-order chi connectivity index (χ1) is 9.30. The Bertz CT molecular complexity index is 632. The summed E-state index contributed by atoms with van der Waals surface area (Å²) in [6, 6.07) is 2.91. The van der Waals surface area contributed by atoms with Crippen LogP contribution in [0.2, 0.25) is 0 Å². The Hall–Kier alpha value is -1.40. The fourth-order valence-electron chi connectivity index (χ4n) is 2.48. The van der Waals surface area contributed by atoms with Gasteiger partial charge in [-0.3, -0.25) is 4.79 Å². The van der Waals surface area contributed by atoms with E-state index in [0.717, 1.165) is 43.5 Å². The molecule has 0 aromatic heterocycles. The molecule has 1 aromatic carbocycles. The van der Waals surface area contributed by atoms with Crippen LogP contribution in [-0.2, 0) is 10.0 Å². The number of hydrogen-bond acceptors (Lipinski definition) is 3. The number of aryl methyl sites for hydroxylation is 1. The first-order valence-electron chi connectivity index (χ1n) is 6.74. The van der Waals surface area contributed by atoms with E-state index >= 15 is 0 Å². The zero-order valence-electron chi connectivity index (χ0n) is 11.8. The van der Waals surface area contributed by atoms with Crippen molar-refractivity contribution in [3.63, 3.8) is 0 Å². The minimum atomic E-state index is -3.80. The molecule has 2 rings (SSSR count). The largest absolute Gasteiger partial charge is 0.339 e. The summed E-state index contributed by atoms with van der Waals surface area (Å²) in [5, 5.41) is 5.17. The molecule has 1 aliphatic rings. The highest BCUT2D eigenvalue weighted by Crippen LogP contribution is 2.22. The van der Waals surface area contributed by atoms with E-state index in [0.29, 0.717) is 5.56 Å². The lowest BCUT2D eigenvalue weighted by atomic mass is 10.0. The van der Waals surface area contributed by atoms with Gasteiger partial charge in [-0.1, -0.05) is 0 Å². The molecule has 0 bridgehead atoms. The molecule has 1 heterocycles. The number of likely N-dealkylation sites (tertiary alicyclic amines) is 1. The summed E-state index contributed by atoms with van der Waals surface area (Å²) >= 11 is 0. The zero-order valence-corrected chi connectivity index (χ0v) is 12.7. The first kappa shape index (κ1) is 15.0. The van der Waals surface area contributed by atoms with Crippen LogP contribution in [0.25, 0.3) is 0 Å². The number of primary sulfonamides is 1. The van der Waals surface area contributed by atoms with Crippen LogP contribution in [0.1, 0.15) is 40.7 Å². The van der Waals surface area contributed by atoms with Crippen LogP contribution in [-0.4, -0.2) is 32.3 Å². The number of carbonyl (C=O) groups is 1. The lowest BCUT2D eigenvalue weighted by Crippen LogP contribution is -2.36. The number of sulfonamides is 1. The lowest BCUT2D eigenvalue weighted by molar-refractivity contribution is 0.0723. The van der Waals surface area contributed by atoms with Gasteiger partial charge >= 0.3 is 0 Å². The molecule has 1 saturated heterocycles. The molecule has 0 spiro atoms. The average Bonchev–Trinajstić information content (AvgIpc) is 2.40. The Labute approximate surface area is 119 Å². The topological polar surface area (TPSA) is 80.5 Å². The SMILES string of the molecule is Cc1cc(S(N)(=O)=O)cc(C(=O)N2CCCCC2)c1C. The minimum absolute atomic E-state index is 0.000888. The maximum atomic E-state index is 12.5. The smallest absolute Gasteiger partial charge is 0.254 e. The molecule has 5 nitrogen and oxygen atoms in total. The molecule has 1 amide bonds. The Kier molecular flexibility index (Phi) is 4.15. The molecule has 0 atom stereocenters. The lowest BCUT2D eigenvalue weighted by Gasteiger charge is -2.27. The Morgan fingerprint density at radius 3 is 2.30 bits per heavy atom. The van der Waals surface area contributed by atoms with Crippen molar-refractivity contribution in [3.05, 3.63) is 28.8 Å². The van der Waals surface area contributed by atoms with Crippen molar-refractivity contribution in [2.75, 3.05) is 13.1 Å². The molecule has 20 heavy (non-hydrogen) atoms. The number of carbonyl (C=O) groups excluding carboxylic acids is 1. The highest BCUT2D eigenvalue weighted by atomic mass is 32.2. The van der Waals surface area contributed by atoms with E-state index in [2.05, 4.69) is 0 Å². The summed E-state index contributed by atoms with van der Waals surface area (Å²) in [5.74, 6) is -0.101. The third kappa shape index (κ3) is 3.02. The predicted octanol–water partition coefficient (Wildman–Crippen LogP) is 1.58. The van der Waals surface area contributed by atoms with E-state index in [4.69, 9.17) is 5.14 Å². The van der Waals surface area contributed by atoms with Crippen LogP contribution in [0, 0.1) is 13.8 Å². The predicted molar refractivity (Wildman–Crippen MR) is 77.0 cm³/mol. The van der Waals surface area contributed by atoms with Crippen molar-refractivity contribution >= 4 is 15.9 Å². The zero-order chi connectivity index (χ0) is 14.9. The molecule has 110 valence electrons. The molecule has 6 heteroatoms. The van der Waals surface area contributed by atoms with Crippen molar-refractivity contribution < 1.29 is 13.2 Å². The van der Waals surface area contributed by atoms with E-state index in [-0.39, 0.29) is 10.8 Å². The van der Waals surface area contributed by atoms with Gasteiger partial charge in [0.1, 0.15) is 0 Å². The number of benzene rings is 1. The third-order valence-corrected chi connectivity index (χ3v) is 4.74. The van der Waals surface area contributed by atoms with Gasteiger partial charge in [-0.25, -0.2) is 13.6 Å². The van der Waals surface area contributed by atoms with E-state index < -0.39 is 10.0 Å². The van der Waals surface area contributed by atoms with E-state index in [1.807, 2.05) is 6.92 Å². The molecular weight excluding hydrogens is 276 g/mol. The molecule has 1 fully saturated rings. The van der Waals surface area contributed by atoms with Crippen molar-refractivity contribution in [2.24, 2.45) is 5.14 Å². The summed E-state index contributed by atoms with van der Waals surface area (Å²) < 4.78 is 23.0. The maximum Gasteiger partial charge on any atom is 0.254 e. The normalized spacial score (nSPS) is 16.2. The molecule has 2 N–H and O–H groups in total. The average molecular weight is 296 g/mol. The van der Waals surface area contributed by atoms with Crippen LogP contribution in [0.5, 0.6) is 0 Å². The molecule has 0 radical (unpaired) electrons. The van der Waals surface area contributed by atoms with Gasteiger partial charge in [-0.2, -0.15) is 0 Å². The van der Waals surface area contributed by atoms with Crippen molar-refractivity contribution in [1.82, 2.24) is 4.90 Å². The monoisotopic (exact) mass is 296 g/mol. The van der Waals surface area contributed by atoms with Crippen molar-refractivity contribution in [1.29, 1.82) is 0 Å². The molecule has 0 aliphatic carbocycles. The standard InChI is InChI=1S/C14H20N2O3S/c1-10-8-12(20(15,18)19)9-13(11(10)2)14(17)16-6-4-3-5-7-16/h8-9H,3-7H2,1-2H3,(H2,15,18,19). The van der Waals surface area contributed by atoms with Gasteiger partial charge in [-0.05, 0) is 56.4 Å². The number of nitrogens with two attached hydrogens (primary N) is 1. The fourth-order valence-corrected chi connectivity index (χ4v) is 3.10. The van der Waals surface area contributed by atoms with Crippen molar-refractivity contribution in [3.8, 4) is 0 Å². The van der Waals surface area contributed by atoms with Gasteiger partial charge in [0, 0.05) is 18.7 Å². The number of rotatable bonds is 2. The molecule has 1 aromatic rings. The van der Waals surface area contributed by atoms with E-state index in [1.165, 1.54) is 12.1 Å². The van der Waals surface area contributed by atoms with Gasteiger partial charge in [0.2, 0.25) is 10.0 Å². The minimum Gasteiger partial charge on any atom is -0.339 e. The second-order valence-corrected chi connectivity index (χ2v) is 6.87. The number of nitrogens with zero attached hydrogens (tertiary/aromatic N) is 1. The van der Waals surface area contributed by atoms with Gasteiger partial charge < -0.3 is 4.90 Å². The van der Waals surface area contributed by atoms with E-state index in [1.54, 1.807) is 11.8 Å². The van der Waals surface area contributed by atoms with Crippen LogP contribution < -0.4 is 5.14 Å². The number of hydrogen-bond donors (Lipinski definition) is 1. The second-order valence-electron chi connectivity index (χ2n) is 5.31. The summed E-state index contributed by atoms with van der Waals surface area (Å²) in [6.07, 6.45) is 3.14. The fraction of sp³-hybridized carbons (Fsp3) is 0.500.